The van der Waals surface area contributed by atoms with Gasteiger partial charge in [0.25, 0.3) is 0 Å². The highest BCUT2D eigenvalue weighted by atomic mass is 14.7. The van der Waals surface area contributed by atoms with Gasteiger partial charge in [0.1, 0.15) is 0 Å². The van der Waals surface area contributed by atoms with Gasteiger partial charge in [0.15, 0.2) is 0 Å². The van der Waals surface area contributed by atoms with Gasteiger partial charge in [-0.1, -0.05) is 0 Å². The topological polar surface area (TPSA) is 38.4 Å². The Kier molecular flexibility index (Phi) is 3.61. The smallest absolute Gasteiger partial charge is 0.0360 e. The molecule has 0 fully saturated rings. The van der Waals surface area contributed by atoms with Crippen molar-refractivity contribution in [3.63, 3.8) is 0 Å². The average molecular weight is 100 g/mol. The van der Waals surface area contributed by atoms with Crippen molar-refractivity contribution in [3.05, 3.63) is 0 Å². The van der Waals surface area contributed by atoms with Gasteiger partial charge in [-0.2, -0.15) is 0 Å². The molecule has 0 aromatic carbocycles. The molecule has 0 amide bonds. The summed E-state index contributed by atoms with van der Waals surface area (Å²) in [6.45, 7) is 5.37. The fourth-order valence-electron chi connectivity index (χ4n) is 0.334. The SMILES string of the molecule is CCN=C(C)CN. The van der Waals surface area contributed by atoms with Crippen LogP contribution in [-0.2, 0) is 0 Å². The van der Waals surface area contributed by atoms with Crippen molar-refractivity contribution < 1.29 is 0 Å². The molecule has 2 N–H and O–H groups in total. The van der Waals surface area contributed by atoms with Crippen LogP contribution in [-0.4, -0.2) is 18.8 Å². The molecule has 7 heavy (non-hydrogen) atoms. The summed E-state index contributed by atoms with van der Waals surface area (Å²) in [6.07, 6.45) is 0. The molecule has 0 heterocycles. The maximum atomic E-state index is 5.23. The molecule has 0 aliphatic heterocycles. The molecule has 0 saturated heterocycles. The second-order valence-corrected chi connectivity index (χ2v) is 1.41. The van der Waals surface area contributed by atoms with Crippen LogP contribution in [0.5, 0.6) is 0 Å². The van der Waals surface area contributed by atoms with Gasteiger partial charge in [-0.15, -0.1) is 0 Å². The minimum atomic E-state index is 0.591. The molecule has 0 aromatic rings. The van der Waals surface area contributed by atoms with Gasteiger partial charge in [-0.3, -0.25) is 4.99 Å². The molecule has 0 atom stereocenters. The Bertz CT molecular complexity index is 66.5. The van der Waals surface area contributed by atoms with E-state index in [-0.39, 0.29) is 0 Å². The summed E-state index contributed by atoms with van der Waals surface area (Å²) in [5, 5.41) is 0. The standard InChI is InChI=1S/C5H12N2/c1-3-7-5(2)4-6/h3-4,6H2,1-2H3. The quantitative estimate of drug-likeness (QED) is 0.502. The molecule has 0 aliphatic rings. The predicted octanol–water partition coefficient (Wildman–Crippen LogP) is 0.426. The highest BCUT2D eigenvalue weighted by Gasteiger charge is 1.78. The maximum absolute atomic E-state index is 5.23. The fourth-order valence-corrected chi connectivity index (χ4v) is 0.334. The van der Waals surface area contributed by atoms with Crippen molar-refractivity contribution in [3.8, 4) is 0 Å². The molecule has 0 radical (unpaired) electrons. The van der Waals surface area contributed by atoms with Gasteiger partial charge in [0.05, 0.1) is 0 Å². The highest BCUT2D eigenvalue weighted by molar-refractivity contribution is 5.83. The molecule has 0 spiro atoms. The van der Waals surface area contributed by atoms with E-state index in [1.54, 1.807) is 0 Å². The van der Waals surface area contributed by atoms with Crippen LogP contribution in [0.4, 0.5) is 0 Å². The second kappa shape index (κ2) is 3.81. The van der Waals surface area contributed by atoms with E-state index in [0.29, 0.717) is 6.54 Å². The van der Waals surface area contributed by atoms with Crippen LogP contribution in [0, 0.1) is 0 Å². The number of hydrogen-bond donors (Lipinski definition) is 1. The molecule has 42 valence electrons. The molecule has 2 heteroatoms. The fraction of sp³-hybridized carbons (Fsp3) is 0.800. The predicted molar refractivity (Wildman–Crippen MR) is 32.7 cm³/mol. The number of nitrogens with two attached hydrogens (primary N) is 1. The Morgan fingerprint density at radius 2 is 2.29 bits per heavy atom. The van der Waals surface area contributed by atoms with Crippen LogP contribution in [0.25, 0.3) is 0 Å². The normalized spacial score (nSPS) is 12.1. The van der Waals surface area contributed by atoms with Crippen LogP contribution >= 0.6 is 0 Å². The van der Waals surface area contributed by atoms with Gasteiger partial charge in [-0.05, 0) is 13.8 Å². The summed E-state index contributed by atoms with van der Waals surface area (Å²) in [5.74, 6) is 0. The van der Waals surface area contributed by atoms with E-state index in [1.165, 1.54) is 0 Å². The lowest BCUT2D eigenvalue weighted by Crippen LogP contribution is -2.09. The number of nitrogens with zero attached hydrogens (tertiary/aromatic N) is 1. The minimum absolute atomic E-state index is 0.591. The monoisotopic (exact) mass is 100 g/mol. The molecular weight excluding hydrogens is 88.1 g/mol. The summed E-state index contributed by atoms with van der Waals surface area (Å²) >= 11 is 0. The molecule has 2 nitrogen and oxygen atoms in total. The Hall–Kier alpha value is -0.370. The van der Waals surface area contributed by atoms with Gasteiger partial charge in [0.2, 0.25) is 0 Å². The summed E-state index contributed by atoms with van der Waals surface area (Å²) in [4.78, 5) is 4.03. The van der Waals surface area contributed by atoms with E-state index >= 15 is 0 Å². The molecule has 0 aliphatic carbocycles. The Labute approximate surface area is 44.4 Å². The second-order valence-electron chi connectivity index (χ2n) is 1.41. The third-order valence-electron chi connectivity index (χ3n) is 0.723. The zero-order valence-electron chi connectivity index (χ0n) is 4.94. The molecule has 0 unspecified atom stereocenters. The van der Waals surface area contributed by atoms with Gasteiger partial charge in [0, 0.05) is 18.8 Å². The number of rotatable bonds is 2. The lowest BCUT2D eigenvalue weighted by Gasteiger charge is -1.88. The van der Waals surface area contributed by atoms with E-state index in [2.05, 4.69) is 4.99 Å². The Morgan fingerprint density at radius 3 is 2.43 bits per heavy atom. The van der Waals surface area contributed by atoms with Crippen molar-refractivity contribution in [2.24, 2.45) is 10.7 Å². The number of hydrogen-bond acceptors (Lipinski definition) is 2. The molecular formula is C5H12N2. The molecule has 0 aromatic heterocycles. The van der Waals surface area contributed by atoms with E-state index < -0.39 is 0 Å². The van der Waals surface area contributed by atoms with Gasteiger partial charge < -0.3 is 5.73 Å². The number of aliphatic imine (C=N–C) groups is 1. The van der Waals surface area contributed by atoms with Gasteiger partial charge >= 0.3 is 0 Å². The largest absolute Gasteiger partial charge is 0.326 e. The Morgan fingerprint density at radius 1 is 1.71 bits per heavy atom. The van der Waals surface area contributed by atoms with Crippen LogP contribution in [0.1, 0.15) is 13.8 Å². The first kappa shape index (κ1) is 6.63. The van der Waals surface area contributed by atoms with E-state index in [9.17, 15) is 0 Å². The summed E-state index contributed by atoms with van der Waals surface area (Å²) in [6, 6.07) is 0. The molecule has 0 rings (SSSR count). The van der Waals surface area contributed by atoms with Crippen LogP contribution in [0.15, 0.2) is 4.99 Å². The first-order valence-corrected chi connectivity index (χ1v) is 2.51. The minimum Gasteiger partial charge on any atom is -0.326 e. The molecule has 0 bridgehead atoms. The molecule has 0 saturated carbocycles. The third-order valence-corrected chi connectivity index (χ3v) is 0.723. The van der Waals surface area contributed by atoms with Crippen molar-refractivity contribution in [2.75, 3.05) is 13.1 Å². The zero-order valence-corrected chi connectivity index (χ0v) is 4.94. The summed E-state index contributed by atoms with van der Waals surface area (Å²) in [5.41, 5.74) is 6.26. The first-order chi connectivity index (χ1) is 3.31. The van der Waals surface area contributed by atoms with Crippen LogP contribution in [0.2, 0.25) is 0 Å². The van der Waals surface area contributed by atoms with Crippen molar-refractivity contribution in [2.45, 2.75) is 13.8 Å². The average Bonchev–Trinajstić information content (AvgIpc) is 1.68. The van der Waals surface area contributed by atoms with Crippen molar-refractivity contribution in [1.29, 1.82) is 0 Å². The van der Waals surface area contributed by atoms with E-state index in [1.807, 2.05) is 13.8 Å². The lowest BCUT2D eigenvalue weighted by atomic mass is 10.4. The Balaban J connectivity index is 3.29. The lowest BCUT2D eigenvalue weighted by molar-refractivity contribution is 1.10. The third kappa shape index (κ3) is 3.46. The van der Waals surface area contributed by atoms with Gasteiger partial charge in [-0.25, -0.2) is 0 Å². The maximum Gasteiger partial charge on any atom is 0.0360 e. The van der Waals surface area contributed by atoms with Crippen LogP contribution in [0.3, 0.4) is 0 Å². The first-order valence-electron chi connectivity index (χ1n) is 2.51. The van der Waals surface area contributed by atoms with E-state index in [0.717, 1.165) is 12.3 Å². The van der Waals surface area contributed by atoms with Crippen molar-refractivity contribution in [1.82, 2.24) is 0 Å². The van der Waals surface area contributed by atoms with Crippen LogP contribution < -0.4 is 5.73 Å². The highest BCUT2D eigenvalue weighted by Crippen LogP contribution is 1.71. The van der Waals surface area contributed by atoms with Crippen molar-refractivity contribution >= 4 is 5.71 Å². The zero-order chi connectivity index (χ0) is 5.70. The summed E-state index contributed by atoms with van der Waals surface area (Å²) < 4.78 is 0. The van der Waals surface area contributed by atoms with E-state index in [4.69, 9.17) is 5.73 Å². The summed E-state index contributed by atoms with van der Waals surface area (Å²) in [7, 11) is 0.